The van der Waals surface area contributed by atoms with Gasteiger partial charge in [0.25, 0.3) is 0 Å². The summed E-state index contributed by atoms with van der Waals surface area (Å²) in [6.45, 7) is 2.25. The fourth-order valence-corrected chi connectivity index (χ4v) is 4.39. The minimum atomic E-state index is -0.175. The molecule has 4 aromatic rings. The molecule has 0 aliphatic carbocycles. The lowest BCUT2D eigenvalue weighted by atomic mass is 9.97. The molecule has 0 radical (unpaired) electrons. The van der Waals surface area contributed by atoms with Crippen molar-refractivity contribution in [3.8, 4) is 11.1 Å². The van der Waals surface area contributed by atoms with Crippen molar-refractivity contribution in [3.05, 3.63) is 106 Å². The monoisotopic (exact) mass is 444 g/mol. The number of hydrogen-bond donors (Lipinski definition) is 0. The SMILES string of the molecule is CCCCCCc1ccc(CCc2ccc3c(F)c(-c4ccc(Cl)cc4)ccc3c2)cc1. The summed E-state index contributed by atoms with van der Waals surface area (Å²) in [5.74, 6) is -0.175. The summed E-state index contributed by atoms with van der Waals surface area (Å²) in [7, 11) is 0. The Bertz CT molecular complexity index is 1160. The quantitative estimate of drug-likeness (QED) is 0.226. The van der Waals surface area contributed by atoms with Crippen LogP contribution in [-0.4, -0.2) is 0 Å². The Morgan fingerprint density at radius 2 is 1.31 bits per heavy atom. The molecule has 0 nitrogen and oxygen atoms in total. The Morgan fingerprint density at radius 3 is 2.03 bits per heavy atom. The third kappa shape index (κ3) is 5.58. The fourth-order valence-electron chi connectivity index (χ4n) is 4.27. The van der Waals surface area contributed by atoms with E-state index in [-0.39, 0.29) is 5.82 Å². The van der Waals surface area contributed by atoms with Crippen molar-refractivity contribution in [1.82, 2.24) is 0 Å². The predicted octanol–water partition coefficient (Wildman–Crippen LogP) is 9.21. The molecule has 0 aliphatic rings. The van der Waals surface area contributed by atoms with Crippen LogP contribution < -0.4 is 0 Å². The zero-order valence-electron chi connectivity index (χ0n) is 18.7. The van der Waals surface area contributed by atoms with E-state index in [1.165, 1.54) is 48.8 Å². The van der Waals surface area contributed by atoms with Crippen molar-refractivity contribution in [2.24, 2.45) is 0 Å². The molecule has 0 N–H and O–H groups in total. The second kappa shape index (κ2) is 10.8. The van der Waals surface area contributed by atoms with E-state index in [4.69, 9.17) is 11.6 Å². The van der Waals surface area contributed by atoms with Crippen molar-refractivity contribution in [2.45, 2.75) is 51.9 Å². The van der Waals surface area contributed by atoms with Gasteiger partial charge in [-0.1, -0.05) is 105 Å². The minimum absolute atomic E-state index is 0.175. The van der Waals surface area contributed by atoms with Gasteiger partial charge in [0.05, 0.1) is 0 Å². The maximum Gasteiger partial charge on any atom is 0.138 e. The summed E-state index contributed by atoms with van der Waals surface area (Å²) in [5, 5.41) is 2.26. The van der Waals surface area contributed by atoms with Gasteiger partial charge >= 0.3 is 0 Å². The first-order valence-electron chi connectivity index (χ1n) is 11.7. The van der Waals surface area contributed by atoms with Crippen LogP contribution in [0.4, 0.5) is 4.39 Å². The summed E-state index contributed by atoms with van der Waals surface area (Å²) in [4.78, 5) is 0. The van der Waals surface area contributed by atoms with Crippen LogP contribution in [0.25, 0.3) is 21.9 Å². The van der Waals surface area contributed by atoms with Crippen LogP contribution in [0.2, 0.25) is 5.02 Å². The highest BCUT2D eigenvalue weighted by Gasteiger charge is 2.10. The Labute approximate surface area is 196 Å². The molecule has 0 fully saturated rings. The number of fused-ring (bicyclic) bond motifs is 1. The number of halogens is 2. The van der Waals surface area contributed by atoms with E-state index in [9.17, 15) is 0 Å². The normalized spacial score (nSPS) is 11.2. The van der Waals surface area contributed by atoms with Gasteiger partial charge in [0.2, 0.25) is 0 Å². The molecular weight excluding hydrogens is 415 g/mol. The molecule has 0 bridgehead atoms. The third-order valence-electron chi connectivity index (χ3n) is 6.22. The standard InChI is InChI=1S/C30H30ClF/c1-2-3-4-5-6-22-7-9-23(10-8-22)11-12-24-13-19-29-26(21-24)16-20-28(30(29)32)25-14-17-27(31)18-15-25/h7-10,13-21H,2-6,11-12H2,1H3. The zero-order chi connectivity index (χ0) is 22.3. The van der Waals surface area contributed by atoms with Crippen molar-refractivity contribution in [2.75, 3.05) is 0 Å². The van der Waals surface area contributed by atoms with Gasteiger partial charge < -0.3 is 0 Å². The summed E-state index contributed by atoms with van der Waals surface area (Å²) < 4.78 is 15.2. The Hall–Kier alpha value is -2.64. The number of aryl methyl sites for hydroxylation is 3. The van der Waals surface area contributed by atoms with E-state index in [1.54, 1.807) is 12.1 Å². The highest BCUT2D eigenvalue weighted by molar-refractivity contribution is 6.30. The maximum atomic E-state index is 15.2. The Kier molecular flexibility index (Phi) is 7.60. The molecule has 0 aromatic heterocycles. The van der Waals surface area contributed by atoms with Crippen LogP contribution in [0.1, 0.15) is 49.3 Å². The summed E-state index contributed by atoms with van der Waals surface area (Å²) in [6.07, 6.45) is 8.33. The molecular formula is C30H30ClF. The molecule has 164 valence electrons. The maximum absolute atomic E-state index is 15.2. The lowest BCUT2D eigenvalue weighted by molar-refractivity contribution is 0.643. The fraction of sp³-hybridized carbons (Fsp3) is 0.267. The molecule has 2 heteroatoms. The topological polar surface area (TPSA) is 0 Å². The van der Waals surface area contributed by atoms with Gasteiger partial charge in [-0.25, -0.2) is 4.39 Å². The lowest BCUT2D eigenvalue weighted by Crippen LogP contribution is -1.94. The van der Waals surface area contributed by atoms with Crippen LogP contribution >= 0.6 is 11.6 Å². The first-order chi connectivity index (χ1) is 15.6. The number of hydrogen-bond acceptors (Lipinski definition) is 0. The second-order valence-electron chi connectivity index (χ2n) is 8.62. The average Bonchev–Trinajstić information content (AvgIpc) is 2.82. The van der Waals surface area contributed by atoms with Gasteiger partial charge in [-0.05, 0) is 65.5 Å². The average molecular weight is 445 g/mol. The van der Waals surface area contributed by atoms with Crippen LogP contribution in [0.5, 0.6) is 0 Å². The molecule has 4 aromatic carbocycles. The van der Waals surface area contributed by atoms with Crippen molar-refractivity contribution in [3.63, 3.8) is 0 Å². The number of unbranched alkanes of at least 4 members (excludes halogenated alkanes) is 3. The van der Waals surface area contributed by atoms with Gasteiger partial charge in [0.1, 0.15) is 5.82 Å². The first kappa shape index (κ1) is 22.6. The zero-order valence-corrected chi connectivity index (χ0v) is 19.5. The van der Waals surface area contributed by atoms with Crippen LogP contribution in [0.15, 0.2) is 78.9 Å². The van der Waals surface area contributed by atoms with Gasteiger partial charge in [-0.3, -0.25) is 0 Å². The Morgan fingerprint density at radius 1 is 0.656 bits per heavy atom. The summed E-state index contributed by atoms with van der Waals surface area (Å²) in [5.41, 5.74) is 5.47. The van der Waals surface area contributed by atoms with E-state index in [0.29, 0.717) is 16.0 Å². The minimum Gasteiger partial charge on any atom is -0.206 e. The van der Waals surface area contributed by atoms with Gasteiger partial charge in [0, 0.05) is 16.0 Å². The van der Waals surface area contributed by atoms with Crippen LogP contribution in [0.3, 0.4) is 0 Å². The molecule has 0 heterocycles. The number of benzene rings is 4. The smallest absolute Gasteiger partial charge is 0.138 e. The third-order valence-corrected chi connectivity index (χ3v) is 6.47. The van der Waals surface area contributed by atoms with Crippen molar-refractivity contribution >= 4 is 22.4 Å². The lowest BCUT2D eigenvalue weighted by Gasteiger charge is -2.09. The Balaban J connectivity index is 1.42. The summed E-state index contributed by atoms with van der Waals surface area (Å²) in [6, 6.07) is 26.3. The van der Waals surface area contributed by atoms with Gasteiger partial charge in [-0.2, -0.15) is 0 Å². The highest BCUT2D eigenvalue weighted by atomic mass is 35.5. The molecule has 0 spiro atoms. The second-order valence-corrected chi connectivity index (χ2v) is 9.05. The van der Waals surface area contributed by atoms with E-state index < -0.39 is 0 Å². The molecule has 0 aliphatic heterocycles. The molecule has 0 atom stereocenters. The van der Waals surface area contributed by atoms with E-state index in [0.717, 1.165) is 23.8 Å². The van der Waals surface area contributed by atoms with E-state index in [1.807, 2.05) is 30.3 Å². The molecule has 0 unspecified atom stereocenters. The molecule has 0 saturated heterocycles. The van der Waals surface area contributed by atoms with Crippen molar-refractivity contribution < 1.29 is 4.39 Å². The van der Waals surface area contributed by atoms with E-state index in [2.05, 4.69) is 43.3 Å². The summed E-state index contributed by atoms with van der Waals surface area (Å²) >= 11 is 5.97. The first-order valence-corrected chi connectivity index (χ1v) is 12.1. The highest BCUT2D eigenvalue weighted by Crippen LogP contribution is 2.30. The number of rotatable bonds is 9. The molecule has 0 saturated carbocycles. The molecule has 32 heavy (non-hydrogen) atoms. The molecule has 0 amide bonds. The predicted molar refractivity (Wildman–Crippen MR) is 136 cm³/mol. The van der Waals surface area contributed by atoms with Gasteiger partial charge in [0.15, 0.2) is 0 Å². The van der Waals surface area contributed by atoms with E-state index >= 15 is 4.39 Å². The van der Waals surface area contributed by atoms with Gasteiger partial charge in [-0.15, -0.1) is 0 Å². The van der Waals surface area contributed by atoms with Crippen LogP contribution in [-0.2, 0) is 19.3 Å². The van der Waals surface area contributed by atoms with Crippen LogP contribution in [0, 0.1) is 5.82 Å². The molecule has 4 rings (SSSR count). The largest absolute Gasteiger partial charge is 0.206 e. The van der Waals surface area contributed by atoms with Crippen molar-refractivity contribution in [1.29, 1.82) is 0 Å².